The number of aromatic nitrogens is 4. The third-order valence-corrected chi connectivity index (χ3v) is 17.3. The summed E-state index contributed by atoms with van der Waals surface area (Å²) in [5, 5.41) is 5.88. The lowest BCUT2D eigenvalue weighted by Gasteiger charge is -2.38. The van der Waals surface area contributed by atoms with E-state index in [-0.39, 0.29) is 71.0 Å². The number of methoxy groups -OCH3 is 2. The van der Waals surface area contributed by atoms with Crippen LogP contribution in [0.5, 0.6) is 0 Å². The Bertz CT molecular complexity index is 2370. The van der Waals surface area contributed by atoms with Crippen molar-refractivity contribution in [2.75, 3.05) is 27.3 Å². The highest BCUT2D eigenvalue weighted by molar-refractivity contribution is 5.87. The molecule has 2 saturated carbocycles. The zero-order valence-electron chi connectivity index (χ0n) is 42.9. The number of H-pyrrole nitrogens is 2. The second-order valence-corrected chi connectivity index (χ2v) is 22.5. The standard InChI is InChI=1S/C56H74N8O8/c1-33-23-41(24-34(2)71-33)47(61-53(67)69-5)51(65)63-31-55(19-7-8-20-55)27-45(63)49-57-29-43(59-49)39-15-11-37(12-16-39)38-13-17-40(18-14-38)44-30-58-50(60-44)46-28-56(21-9-10-22-56)32-64(46)52(66)48(62-54(68)70-6)42-25-35(3)72-36(4)26-42/h11-18,29-30,33-36,41-42,45-48H,7-10,19-28,31-32H2,1-6H3,(H,57,59)(H,58,60)(H,61,67)(H,62,68)/t33-,34-,35-,36-,45+,46+,47+,48+/m1/s1. The Morgan fingerprint density at radius 2 is 0.903 bits per heavy atom. The van der Waals surface area contributed by atoms with Gasteiger partial charge in [0.1, 0.15) is 23.7 Å². The Morgan fingerprint density at radius 3 is 1.24 bits per heavy atom. The van der Waals surface area contributed by atoms with Crippen molar-refractivity contribution in [3.05, 3.63) is 72.6 Å². The fourth-order valence-corrected chi connectivity index (χ4v) is 14.0. The zero-order chi connectivity index (χ0) is 50.3. The summed E-state index contributed by atoms with van der Waals surface area (Å²) < 4.78 is 22.1. The van der Waals surface area contributed by atoms with Crippen molar-refractivity contribution in [2.24, 2.45) is 22.7 Å². The molecule has 4 N–H and O–H groups in total. The van der Waals surface area contributed by atoms with Crippen molar-refractivity contribution in [3.8, 4) is 33.6 Å². The van der Waals surface area contributed by atoms with E-state index in [9.17, 15) is 19.2 Å². The third kappa shape index (κ3) is 10.3. The number of amides is 4. The molecular formula is C56H74N8O8. The van der Waals surface area contributed by atoms with Crippen molar-refractivity contribution < 1.29 is 38.1 Å². The zero-order valence-corrected chi connectivity index (χ0v) is 42.9. The second-order valence-electron chi connectivity index (χ2n) is 22.5. The molecule has 4 aromatic rings. The molecule has 6 heterocycles. The number of nitrogens with one attached hydrogen (secondary N) is 4. The normalized spacial score (nSPS) is 28.5. The Hall–Kier alpha value is -5.74. The van der Waals surface area contributed by atoms with Gasteiger partial charge in [0.2, 0.25) is 11.8 Å². The number of alkyl carbamates (subject to hydrolysis) is 2. The van der Waals surface area contributed by atoms with E-state index < -0.39 is 24.3 Å². The summed E-state index contributed by atoms with van der Waals surface area (Å²) in [6, 6.07) is 14.9. The smallest absolute Gasteiger partial charge is 0.407 e. The van der Waals surface area contributed by atoms with Crippen LogP contribution in [-0.2, 0) is 28.5 Å². The predicted molar refractivity (Wildman–Crippen MR) is 271 cm³/mol. The van der Waals surface area contributed by atoms with Gasteiger partial charge in [-0.25, -0.2) is 19.6 Å². The number of carbonyl (C=O) groups excluding carboxylic acids is 4. The monoisotopic (exact) mass is 987 g/mol. The SMILES string of the molecule is COC(=O)N[C@H](C(=O)N1CC2(CCCC2)C[C@H]1c1ncc(-c2ccc(-c3ccc(-c4cnc([C@@H]5CC6(CCCC6)CN5C(=O)[C@@H](NC(=O)OC)C5C[C@@H](C)O[C@H](C)C5)[nH]4)cc3)cc2)[nH]1)C1C[C@@H](C)O[C@H](C)C1. The Labute approximate surface area is 423 Å². The van der Waals surface area contributed by atoms with E-state index in [1.807, 2.05) is 49.9 Å². The molecular weight excluding hydrogens is 913 g/mol. The first-order chi connectivity index (χ1) is 34.7. The maximum atomic E-state index is 14.8. The molecule has 4 saturated heterocycles. The van der Waals surface area contributed by atoms with E-state index >= 15 is 0 Å². The van der Waals surface area contributed by atoms with Crippen molar-refractivity contribution in [1.82, 2.24) is 40.4 Å². The van der Waals surface area contributed by atoms with Crippen LogP contribution in [0.25, 0.3) is 33.6 Å². The summed E-state index contributed by atoms with van der Waals surface area (Å²) in [4.78, 5) is 76.0. The molecule has 2 spiro atoms. The molecule has 0 radical (unpaired) electrons. The fourth-order valence-electron chi connectivity index (χ4n) is 14.0. The predicted octanol–water partition coefficient (Wildman–Crippen LogP) is 9.66. The van der Waals surface area contributed by atoms with Gasteiger partial charge in [0.05, 0.1) is 74.5 Å². The van der Waals surface area contributed by atoms with Crippen LogP contribution in [0.2, 0.25) is 0 Å². The Morgan fingerprint density at radius 1 is 0.569 bits per heavy atom. The van der Waals surface area contributed by atoms with Gasteiger partial charge < -0.3 is 49.3 Å². The maximum absolute atomic E-state index is 14.8. The summed E-state index contributed by atoms with van der Waals surface area (Å²) in [5.41, 5.74) is 5.93. The van der Waals surface area contributed by atoms with Crippen molar-refractivity contribution >= 4 is 24.0 Å². The van der Waals surface area contributed by atoms with Crippen LogP contribution in [0.4, 0.5) is 9.59 Å². The third-order valence-electron chi connectivity index (χ3n) is 17.3. The first-order valence-electron chi connectivity index (χ1n) is 26.6. The van der Waals surface area contributed by atoms with E-state index in [1.54, 1.807) is 0 Å². The van der Waals surface area contributed by atoms with Gasteiger partial charge in [-0.05, 0) is 137 Å². The molecule has 4 amide bonds. The van der Waals surface area contributed by atoms with Crippen molar-refractivity contribution in [2.45, 2.75) is 166 Å². The number of benzene rings is 2. The molecule has 4 aliphatic heterocycles. The number of nitrogens with zero attached hydrogens (tertiary/aromatic N) is 4. The van der Waals surface area contributed by atoms with Gasteiger partial charge in [-0.1, -0.05) is 74.2 Å². The van der Waals surface area contributed by atoms with Crippen LogP contribution in [-0.4, -0.2) is 118 Å². The Balaban J connectivity index is 0.840. The number of hydrogen-bond acceptors (Lipinski definition) is 10. The largest absolute Gasteiger partial charge is 0.453 e. The molecule has 2 aromatic heterocycles. The summed E-state index contributed by atoms with van der Waals surface area (Å²) in [7, 11) is 2.67. The molecule has 2 aliphatic carbocycles. The summed E-state index contributed by atoms with van der Waals surface area (Å²) in [5.74, 6) is 1.20. The lowest BCUT2D eigenvalue weighted by Crippen LogP contribution is -2.54. The molecule has 16 nitrogen and oxygen atoms in total. The van der Waals surface area contributed by atoms with Crippen LogP contribution in [0.3, 0.4) is 0 Å². The van der Waals surface area contributed by atoms with Crippen molar-refractivity contribution in [1.29, 1.82) is 0 Å². The van der Waals surface area contributed by atoms with Gasteiger partial charge in [-0.3, -0.25) is 9.59 Å². The minimum Gasteiger partial charge on any atom is -0.453 e. The number of ether oxygens (including phenoxy) is 4. The lowest BCUT2D eigenvalue weighted by molar-refractivity contribution is -0.139. The fraction of sp³-hybridized carbons (Fsp3) is 0.607. The van der Waals surface area contributed by atoms with Gasteiger partial charge in [0, 0.05) is 13.1 Å². The summed E-state index contributed by atoms with van der Waals surface area (Å²) >= 11 is 0. The number of aromatic amines is 2. The Kier molecular flexibility index (Phi) is 14.3. The highest BCUT2D eigenvalue weighted by atomic mass is 16.5. The number of carbonyl (C=O) groups is 4. The molecule has 10 rings (SSSR count). The molecule has 2 aromatic carbocycles. The highest BCUT2D eigenvalue weighted by Crippen LogP contribution is 2.54. The minimum absolute atomic E-state index is 0.0205. The van der Waals surface area contributed by atoms with Gasteiger partial charge >= 0.3 is 12.2 Å². The van der Waals surface area contributed by atoms with Gasteiger partial charge in [-0.2, -0.15) is 0 Å². The van der Waals surface area contributed by atoms with Gasteiger partial charge in [-0.15, -0.1) is 0 Å². The van der Waals surface area contributed by atoms with Crippen LogP contribution < -0.4 is 10.6 Å². The summed E-state index contributed by atoms with van der Waals surface area (Å²) in [6.07, 6.45) is 15.7. The summed E-state index contributed by atoms with van der Waals surface area (Å²) in [6.45, 7) is 9.40. The number of rotatable bonds is 11. The average Bonchev–Trinajstić information content (AvgIpc) is 4.25. The molecule has 16 heteroatoms. The molecule has 72 heavy (non-hydrogen) atoms. The molecule has 386 valence electrons. The van der Waals surface area contributed by atoms with Crippen LogP contribution in [0.1, 0.15) is 141 Å². The molecule has 0 bridgehead atoms. The highest BCUT2D eigenvalue weighted by Gasteiger charge is 2.53. The number of imidazole rings is 2. The topological polar surface area (TPSA) is 193 Å². The minimum atomic E-state index is -0.726. The van der Waals surface area contributed by atoms with Crippen molar-refractivity contribution in [3.63, 3.8) is 0 Å². The van der Waals surface area contributed by atoms with E-state index in [0.717, 1.165) is 109 Å². The second kappa shape index (κ2) is 20.6. The molecule has 6 aliphatic rings. The molecule has 0 unspecified atom stereocenters. The number of likely N-dealkylation sites (tertiary alicyclic amines) is 2. The van der Waals surface area contributed by atoms with Gasteiger partial charge in [0.25, 0.3) is 0 Å². The quantitative estimate of drug-likeness (QED) is 0.112. The first kappa shape index (κ1) is 49.8. The average molecular weight is 987 g/mol. The van der Waals surface area contributed by atoms with E-state index in [1.165, 1.54) is 14.2 Å². The number of hydrogen-bond donors (Lipinski definition) is 4. The lowest BCUT2D eigenvalue weighted by atomic mass is 9.84. The van der Waals surface area contributed by atoms with E-state index in [2.05, 4.69) is 69.1 Å². The van der Waals surface area contributed by atoms with E-state index in [0.29, 0.717) is 38.8 Å². The van der Waals surface area contributed by atoms with E-state index in [4.69, 9.17) is 28.9 Å². The van der Waals surface area contributed by atoms with Crippen LogP contribution in [0, 0.1) is 22.7 Å². The van der Waals surface area contributed by atoms with Crippen LogP contribution >= 0.6 is 0 Å². The van der Waals surface area contributed by atoms with Gasteiger partial charge in [0.15, 0.2) is 0 Å². The molecule has 6 fully saturated rings. The molecule has 8 atom stereocenters. The maximum Gasteiger partial charge on any atom is 0.407 e. The van der Waals surface area contributed by atoms with Crippen LogP contribution in [0.15, 0.2) is 60.9 Å². The first-order valence-corrected chi connectivity index (χ1v) is 26.6.